The molecule has 0 bridgehead atoms. The molecule has 0 aliphatic carbocycles. The zero-order valence-electron chi connectivity index (χ0n) is 25.1. The Bertz CT molecular complexity index is 1610. The third kappa shape index (κ3) is 9.14. The largest absolute Gasteiger partial charge is 0.416 e. The Kier molecular flexibility index (Phi) is 11.0. The molecule has 1 aliphatic rings. The van der Waals surface area contributed by atoms with E-state index in [1.54, 1.807) is 12.3 Å². The van der Waals surface area contributed by atoms with E-state index in [0.717, 1.165) is 29.8 Å². The fraction of sp³-hybridized carbons (Fsp3) is 0.250. The summed E-state index contributed by atoms with van der Waals surface area (Å²) in [5, 5.41) is 0. The molecule has 0 saturated carbocycles. The predicted molar refractivity (Wildman–Crippen MR) is 175 cm³/mol. The third-order valence-corrected chi connectivity index (χ3v) is 8.42. The summed E-state index contributed by atoms with van der Waals surface area (Å²) < 4.78 is 39.8. The molecule has 5 rings (SSSR count). The molecule has 10 heteroatoms. The third-order valence-electron chi connectivity index (χ3n) is 7.95. The van der Waals surface area contributed by atoms with Crippen LogP contribution in [0.1, 0.15) is 27.8 Å². The van der Waals surface area contributed by atoms with E-state index < -0.39 is 23.7 Å². The highest BCUT2D eigenvalue weighted by Gasteiger charge is 2.34. The first-order valence-electron chi connectivity index (χ1n) is 15.0. The maximum Gasteiger partial charge on any atom is 0.416 e. The molecule has 0 spiro atoms. The van der Waals surface area contributed by atoms with E-state index >= 15 is 0 Å². The molecular formula is C36H34BrF3N4O2. The van der Waals surface area contributed by atoms with Gasteiger partial charge in [0.25, 0.3) is 0 Å². The van der Waals surface area contributed by atoms with Crippen molar-refractivity contribution in [2.24, 2.45) is 0 Å². The maximum absolute atomic E-state index is 14.3. The van der Waals surface area contributed by atoms with Crippen molar-refractivity contribution in [1.29, 1.82) is 0 Å². The Hall–Kier alpha value is -4.28. The van der Waals surface area contributed by atoms with Crippen molar-refractivity contribution in [3.63, 3.8) is 0 Å². The second-order valence-corrected chi connectivity index (χ2v) is 12.0. The molecule has 4 aromatic rings. The zero-order chi connectivity index (χ0) is 32.5. The quantitative estimate of drug-likeness (QED) is 0.135. The molecule has 1 unspecified atom stereocenters. The minimum atomic E-state index is -4.45. The molecule has 0 N–H and O–H groups in total. The smallest absolute Gasteiger partial charge is 0.338 e. The van der Waals surface area contributed by atoms with Crippen LogP contribution in [-0.2, 0) is 35.3 Å². The van der Waals surface area contributed by atoms with E-state index in [1.165, 1.54) is 34.7 Å². The number of rotatable bonds is 10. The number of piperazine rings is 1. The first-order valence-corrected chi connectivity index (χ1v) is 15.8. The summed E-state index contributed by atoms with van der Waals surface area (Å²) in [5.41, 5.74) is 2.52. The van der Waals surface area contributed by atoms with E-state index in [1.807, 2.05) is 59.5 Å². The Labute approximate surface area is 275 Å². The van der Waals surface area contributed by atoms with Gasteiger partial charge in [-0.1, -0.05) is 78.9 Å². The van der Waals surface area contributed by atoms with E-state index in [2.05, 4.69) is 37.9 Å². The van der Waals surface area contributed by atoms with Gasteiger partial charge in [-0.15, -0.1) is 0 Å². The number of pyridine rings is 1. The SMILES string of the molecule is O=C(C(Cc1ccccc1)N(Cc1ccc(Br)nc1)C(=O)/C=C/c1ccc(C(F)(F)F)cc1)N1CCN(Cc2ccccc2)CC1. The summed E-state index contributed by atoms with van der Waals surface area (Å²) in [6.07, 6.45) is 0.287. The van der Waals surface area contributed by atoms with Crippen LogP contribution in [0.15, 0.2) is 114 Å². The fourth-order valence-electron chi connectivity index (χ4n) is 5.43. The first kappa shape index (κ1) is 33.1. The normalized spacial score (nSPS) is 14.7. The molecule has 1 aromatic heterocycles. The van der Waals surface area contributed by atoms with Gasteiger partial charge in [-0.05, 0) is 62.5 Å². The molecule has 3 aromatic carbocycles. The van der Waals surface area contributed by atoms with Gasteiger partial charge in [0.2, 0.25) is 11.8 Å². The van der Waals surface area contributed by atoms with Crippen molar-refractivity contribution in [3.8, 4) is 0 Å². The Morgan fingerprint density at radius 2 is 1.46 bits per heavy atom. The van der Waals surface area contributed by atoms with Crippen LogP contribution in [0.3, 0.4) is 0 Å². The van der Waals surface area contributed by atoms with Crippen molar-refractivity contribution in [1.82, 2.24) is 19.7 Å². The van der Waals surface area contributed by atoms with Gasteiger partial charge in [-0.25, -0.2) is 4.98 Å². The zero-order valence-corrected chi connectivity index (χ0v) is 26.7. The van der Waals surface area contributed by atoms with Crippen molar-refractivity contribution >= 4 is 33.8 Å². The maximum atomic E-state index is 14.3. The monoisotopic (exact) mass is 690 g/mol. The number of alkyl halides is 3. The topological polar surface area (TPSA) is 56.8 Å². The number of aromatic nitrogens is 1. The Morgan fingerprint density at radius 1 is 0.826 bits per heavy atom. The lowest BCUT2D eigenvalue weighted by atomic mass is 10.0. The minimum Gasteiger partial charge on any atom is -0.338 e. The fourth-order valence-corrected chi connectivity index (χ4v) is 5.67. The van der Waals surface area contributed by atoms with Crippen molar-refractivity contribution in [3.05, 3.63) is 142 Å². The molecule has 0 radical (unpaired) electrons. The van der Waals surface area contributed by atoms with Crippen molar-refractivity contribution in [2.45, 2.75) is 31.7 Å². The van der Waals surface area contributed by atoms with Crippen LogP contribution in [0.5, 0.6) is 0 Å². The van der Waals surface area contributed by atoms with Gasteiger partial charge in [0.15, 0.2) is 0 Å². The summed E-state index contributed by atoms with van der Waals surface area (Å²) in [5.74, 6) is -0.579. The van der Waals surface area contributed by atoms with Gasteiger partial charge >= 0.3 is 6.18 Å². The number of hydrogen-bond donors (Lipinski definition) is 0. The van der Waals surface area contributed by atoms with Crippen LogP contribution < -0.4 is 0 Å². The summed E-state index contributed by atoms with van der Waals surface area (Å²) in [6, 6.07) is 27.1. The molecule has 1 fully saturated rings. The number of benzene rings is 3. The minimum absolute atomic E-state index is 0.119. The molecule has 2 amide bonds. The summed E-state index contributed by atoms with van der Waals surface area (Å²) >= 11 is 3.34. The number of carbonyl (C=O) groups excluding carboxylic acids is 2. The van der Waals surface area contributed by atoms with Crippen LogP contribution in [0.25, 0.3) is 6.08 Å². The first-order chi connectivity index (χ1) is 22.2. The van der Waals surface area contributed by atoms with Crippen LogP contribution in [-0.4, -0.2) is 63.7 Å². The predicted octanol–water partition coefficient (Wildman–Crippen LogP) is 6.86. The standard InChI is InChI=1S/C36H34BrF3N4O2/c37-33-17-13-30(24-41-33)26-44(34(45)18-14-27-11-15-31(16-12-27)36(38,39)40)32(23-28-7-3-1-4-8-28)35(46)43-21-19-42(20-22-43)25-29-9-5-2-6-10-29/h1-18,24,32H,19-23,25-26H2/b18-14+. The molecule has 2 heterocycles. The van der Waals surface area contributed by atoms with Gasteiger partial charge < -0.3 is 9.80 Å². The van der Waals surface area contributed by atoms with Crippen LogP contribution in [0.2, 0.25) is 0 Å². The van der Waals surface area contributed by atoms with Gasteiger partial charge in [0.1, 0.15) is 10.6 Å². The molecule has 1 aliphatic heterocycles. The molecular weight excluding hydrogens is 657 g/mol. The highest BCUT2D eigenvalue weighted by atomic mass is 79.9. The summed E-state index contributed by atoms with van der Waals surface area (Å²) in [4.78, 5) is 38.2. The number of hydrogen-bond acceptors (Lipinski definition) is 4. The number of halogens is 4. The van der Waals surface area contributed by atoms with Crippen molar-refractivity contribution in [2.75, 3.05) is 26.2 Å². The molecule has 1 saturated heterocycles. The molecule has 46 heavy (non-hydrogen) atoms. The summed E-state index contributed by atoms with van der Waals surface area (Å²) in [6.45, 7) is 3.38. The van der Waals surface area contributed by atoms with Crippen LogP contribution in [0.4, 0.5) is 13.2 Å². The van der Waals surface area contributed by atoms with Gasteiger partial charge in [-0.3, -0.25) is 14.5 Å². The highest BCUT2D eigenvalue weighted by molar-refractivity contribution is 9.10. The van der Waals surface area contributed by atoms with E-state index in [-0.39, 0.29) is 12.5 Å². The number of amides is 2. The number of nitrogens with zero attached hydrogens (tertiary/aromatic N) is 4. The lowest BCUT2D eigenvalue weighted by Crippen LogP contribution is -2.56. The highest BCUT2D eigenvalue weighted by Crippen LogP contribution is 2.29. The molecule has 6 nitrogen and oxygen atoms in total. The Balaban J connectivity index is 1.40. The molecule has 238 valence electrons. The average molecular weight is 692 g/mol. The van der Waals surface area contributed by atoms with Gasteiger partial charge in [0.05, 0.1) is 5.56 Å². The van der Waals surface area contributed by atoms with Crippen LogP contribution >= 0.6 is 15.9 Å². The Morgan fingerprint density at radius 3 is 2.04 bits per heavy atom. The van der Waals surface area contributed by atoms with Gasteiger partial charge in [-0.2, -0.15) is 13.2 Å². The van der Waals surface area contributed by atoms with Crippen LogP contribution in [0, 0.1) is 0 Å². The molecule has 1 atom stereocenters. The van der Waals surface area contributed by atoms with E-state index in [4.69, 9.17) is 0 Å². The second-order valence-electron chi connectivity index (χ2n) is 11.2. The van der Waals surface area contributed by atoms with Crippen molar-refractivity contribution < 1.29 is 22.8 Å². The summed E-state index contributed by atoms with van der Waals surface area (Å²) in [7, 11) is 0. The number of carbonyl (C=O) groups is 2. The lowest BCUT2D eigenvalue weighted by Gasteiger charge is -2.39. The lowest BCUT2D eigenvalue weighted by molar-refractivity contribution is -0.145. The van der Waals surface area contributed by atoms with E-state index in [0.29, 0.717) is 42.8 Å². The second kappa shape index (κ2) is 15.3. The average Bonchev–Trinajstić information content (AvgIpc) is 3.07. The van der Waals surface area contributed by atoms with E-state index in [9.17, 15) is 22.8 Å². The van der Waals surface area contributed by atoms with Gasteiger partial charge in [0, 0.05) is 58.0 Å².